The van der Waals surface area contributed by atoms with Crippen molar-refractivity contribution in [3.05, 3.63) is 48.4 Å². The fourth-order valence-corrected chi connectivity index (χ4v) is 5.37. The van der Waals surface area contributed by atoms with Crippen LogP contribution in [0.5, 0.6) is 11.5 Å². The van der Waals surface area contributed by atoms with E-state index in [4.69, 9.17) is 9.47 Å². The SMILES string of the molecule is CCOc1ccc(S(=O)(=O)N2CCCC2c2nnc3ccccn23)cc1OCC. The van der Waals surface area contributed by atoms with E-state index in [2.05, 4.69) is 10.2 Å². The van der Waals surface area contributed by atoms with Gasteiger partial charge in [0.1, 0.15) is 0 Å². The highest BCUT2D eigenvalue weighted by atomic mass is 32.2. The Hall–Kier alpha value is -2.65. The van der Waals surface area contributed by atoms with Crippen molar-refractivity contribution >= 4 is 15.7 Å². The number of fused-ring (bicyclic) bond motifs is 1. The molecule has 0 N–H and O–H groups in total. The zero-order chi connectivity index (χ0) is 20.4. The normalized spacial score (nSPS) is 17.7. The number of hydrogen-bond acceptors (Lipinski definition) is 6. The minimum atomic E-state index is -3.74. The van der Waals surface area contributed by atoms with Crippen LogP contribution in [0.4, 0.5) is 0 Å². The Kier molecular flexibility index (Phi) is 5.42. The summed E-state index contributed by atoms with van der Waals surface area (Å²) in [4.78, 5) is 0.185. The van der Waals surface area contributed by atoms with Gasteiger partial charge in [0.2, 0.25) is 10.0 Å². The second-order valence-corrected chi connectivity index (χ2v) is 8.63. The van der Waals surface area contributed by atoms with Crippen molar-refractivity contribution in [2.45, 2.75) is 37.6 Å². The van der Waals surface area contributed by atoms with E-state index >= 15 is 0 Å². The molecule has 0 radical (unpaired) electrons. The largest absolute Gasteiger partial charge is 0.490 e. The third kappa shape index (κ3) is 3.56. The van der Waals surface area contributed by atoms with E-state index in [9.17, 15) is 8.42 Å². The van der Waals surface area contributed by atoms with Gasteiger partial charge in [-0.25, -0.2) is 8.42 Å². The summed E-state index contributed by atoms with van der Waals surface area (Å²) in [7, 11) is -3.74. The molecule has 29 heavy (non-hydrogen) atoms. The minimum Gasteiger partial charge on any atom is -0.490 e. The van der Waals surface area contributed by atoms with Gasteiger partial charge < -0.3 is 9.47 Å². The maximum absolute atomic E-state index is 13.5. The molecule has 1 saturated heterocycles. The highest BCUT2D eigenvalue weighted by molar-refractivity contribution is 7.89. The zero-order valence-corrected chi connectivity index (χ0v) is 17.3. The second kappa shape index (κ2) is 8.00. The summed E-state index contributed by atoms with van der Waals surface area (Å²) >= 11 is 0. The molecular formula is C20H24N4O4S. The number of aromatic nitrogens is 3. The summed E-state index contributed by atoms with van der Waals surface area (Å²) in [6.45, 7) is 5.05. The van der Waals surface area contributed by atoms with Crippen LogP contribution in [-0.2, 0) is 10.0 Å². The lowest BCUT2D eigenvalue weighted by Crippen LogP contribution is -2.31. The number of nitrogens with zero attached hydrogens (tertiary/aromatic N) is 4. The average molecular weight is 417 g/mol. The van der Waals surface area contributed by atoms with E-state index in [0.717, 1.165) is 6.42 Å². The third-order valence-corrected chi connectivity index (χ3v) is 6.87. The lowest BCUT2D eigenvalue weighted by atomic mass is 10.2. The molecule has 1 atom stereocenters. The summed E-state index contributed by atoms with van der Waals surface area (Å²) in [6, 6.07) is 10.0. The summed E-state index contributed by atoms with van der Waals surface area (Å²) < 4.78 is 41.5. The molecule has 1 unspecified atom stereocenters. The highest BCUT2D eigenvalue weighted by Gasteiger charge is 2.39. The molecule has 0 aliphatic carbocycles. The molecule has 3 heterocycles. The van der Waals surface area contributed by atoms with Crippen LogP contribution in [0.25, 0.3) is 5.65 Å². The summed E-state index contributed by atoms with van der Waals surface area (Å²) in [5.74, 6) is 1.60. The van der Waals surface area contributed by atoms with Gasteiger partial charge in [0.15, 0.2) is 23.0 Å². The Morgan fingerprint density at radius 1 is 1.07 bits per heavy atom. The molecule has 1 aliphatic rings. The quantitative estimate of drug-likeness (QED) is 0.588. The summed E-state index contributed by atoms with van der Waals surface area (Å²) in [5, 5.41) is 8.46. The lowest BCUT2D eigenvalue weighted by molar-refractivity contribution is 0.286. The van der Waals surface area contributed by atoms with Gasteiger partial charge in [-0.1, -0.05) is 6.07 Å². The molecule has 1 aromatic carbocycles. The Morgan fingerprint density at radius 3 is 2.66 bits per heavy atom. The maximum atomic E-state index is 13.5. The van der Waals surface area contributed by atoms with E-state index in [1.54, 1.807) is 18.2 Å². The van der Waals surface area contributed by atoms with Crippen LogP contribution in [-0.4, -0.2) is 47.1 Å². The Bertz CT molecular complexity index is 1110. The molecule has 9 heteroatoms. The van der Waals surface area contributed by atoms with Crippen LogP contribution >= 0.6 is 0 Å². The molecule has 2 aromatic heterocycles. The standard InChI is InChI=1S/C20H24N4O4S/c1-3-27-17-11-10-15(14-18(17)28-4-2)29(25,26)24-13-7-8-16(24)20-22-21-19-9-5-6-12-23(19)20/h5-6,9-12,14,16H,3-4,7-8,13H2,1-2H3. The van der Waals surface area contributed by atoms with Gasteiger partial charge in [-0.2, -0.15) is 4.31 Å². The van der Waals surface area contributed by atoms with Crippen LogP contribution in [0.3, 0.4) is 0 Å². The molecule has 0 amide bonds. The van der Waals surface area contributed by atoms with E-state index in [1.807, 2.05) is 42.6 Å². The van der Waals surface area contributed by atoms with Gasteiger partial charge in [0.25, 0.3) is 0 Å². The van der Waals surface area contributed by atoms with Gasteiger partial charge in [0, 0.05) is 18.8 Å². The number of benzene rings is 1. The van der Waals surface area contributed by atoms with Crippen LogP contribution in [0.15, 0.2) is 47.5 Å². The third-order valence-electron chi connectivity index (χ3n) is 4.96. The fraction of sp³-hybridized carbons (Fsp3) is 0.400. The van der Waals surface area contributed by atoms with Gasteiger partial charge in [0.05, 0.1) is 24.2 Å². The number of sulfonamides is 1. The maximum Gasteiger partial charge on any atom is 0.243 e. The molecule has 0 spiro atoms. The first-order chi connectivity index (χ1) is 14.1. The van der Waals surface area contributed by atoms with Crippen LogP contribution in [0.1, 0.15) is 38.6 Å². The topological polar surface area (TPSA) is 86.0 Å². The predicted molar refractivity (Wildman–Crippen MR) is 108 cm³/mol. The average Bonchev–Trinajstić information content (AvgIpc) is 3.36. The van der Waals surface area contributed by atoms with Crippen LogP contribution in [0.2, 0.25) is 0 Å². The van der Waals surface area contributed by atoms with Crippen molar-refractivity contribution in [3.8, 4) is 11.5 Å². The number of pyridine rings is 1. The van der Waals surface area contributed by atoms with E-state index in [0.29, 0.717) is 49.1 Å². The molecule has 3 aromatic rings. The highest BCUT2D eigenvalue weighted by Crippen LogP contribution is 2.38. The number of rotatable bonds is 7. The van der Waals surface area contributed by atoms with E-state index in [1.165, 1.54) is 4.31 Å². The van der Waals surface area contributed by atoms with Crippen molar-refractivity contribution in [3.63, 3.8) is 0 Å². The van der Waals surface area contributed by atoms with Gasteiger partial charge in [-0.3, -0.25) is 4.40 Å². The fourth-order valence-electron chi connectivity index (χ4n) is 3.70. The minimum absolute atomic E-state index is 0.185. The smallest absolute Gasteiger partial charge is 0.243 e. The Labute approximate surface area is 170 Å². The molecule has 8 nitrogen and oxygen atoms in total. The monoisotopic (exact) mass is 416 g/mol. The first kappa shape index (κ1) is 19.7. The van der Waals surface area contributed by atoms with Crippen molar-refractivity contribution in [2.75, 3.05) is 19.8 Å². The lowest BCUT2D eigenvalue weighted by Gasteiger charge is -2.23. The first-order valence-corrected chi connectivity index (χ1v) is 11.2. The molecule has 0 bridgehead atoms. The Balaban J connectivity index is 1.72. The van der Waals surface area contributed by atoms with Crippen molar-refractivity contribution < 1.29 is 17.9 Å². The van der Waals surface area contributed by atoms with Crippen molar-refractivity contribution in [1.29, 1.82) is 0 Å². The number of hydrogen-bond donors (Lipinski definition) is 0. The van der Waals surface area contributed by atoms with Crippen molar-refractivity contribution in [1.82, 2.24) is 18.9 Å². The molecular weight excluding hydrogens is 392 g/mol. The molecule has 1 aliphatic heterocycles. The van der Waals surface area contributed by atoms with Crippen molar-refractivity contribution in [2.24, 2.45) is 0 Å². The summed E-state index contributed by atoms with van der Waals surface area (Å²) in [6.07, 6.45) is 3.32. The molecule has 1 fully saturated rings. The van der Waals surface area contributed by atoms with Crippen LogP contribution in [0, 0.1) is 0 Å². The van der Waals surface area contributed by atoms with Gasteiger partial charge in [-0.05, 0) is 51.0 Å². The molecule has 0 saturated carbocycles. The molecule has 4 rings (SSSR count). The number of ether oxygens (including phenoxy) is 2. The van der Waals surface area contributed by atoms with Gasteiger partial charge in [-0.15, -0.1) is 10.2 Å². The summed E-state index contributed by atoms with van der Waals surface area (Å²) in [5.41, 5.74) is 0.700. The molecule has 154 valence electrons. The van der Waals surface area contributed by atoms with Gasteiger partial charge >= 0.3 is 0 Å². The van der Waals surface area contributed by atoms with E-state index in [-0.39, 0.29) is 10.9 Å². The second-order valence-electron chi connectivity index (χ2n) is 6.74. The van der Waals surface area contributed by atoms with Crippen LogP contribution < -0.4 is 9.47 Å². The predicted octanol–water partition coefficient (Wildman–Crippen LogP) is 3.05. The zero-order valence-electron chi connectivity index (χ0n) is 16.5. The Morgan fingerprint density at radius 2 is 1.86 bits per heavy atom. The first-order valence-electron chi connectivity index (χ1n) is 9.77. The van der Waals surface area contributed by atoms with E-state index < -0.39 is 10.0 Å².